The Labute approximate surface area is 106 Å². The molecule has 1 aromatic heterocycles. The first kappa shape index (κ1) is 11.5. The van der Waals surface area contributed by atoms with Crippen molar-refractivity contribution in [1.29, 1.82) is 0 Å². The minimum Gasteiger partial charge on any atom is -0.378 e. The number of pyridine rings is 1. The zero-order valence-electron chi connectivity index (χ0n) is 10.3. The summed E-state index contributed by atoms with van der Waals surface area (Å²) in [5, 5.41) is 3.01. The van der Waals surface area contributed by atoms with Crippen LogP contribution in [-0.4, -0.2) is 43.2 Å². The number of morpholine rings is 1. The van der Waals surface area contributed by atoms with Crippen LogP contribution in [0.4, 0.5) is 5.82 Å². The van der Waals surface area contributed by atoms with Gasteiger partial charge < -0.3 is 15.0 Å². The van der Waals surface area contributed by atoms with E-state index < -0.39 is 0 Å². The lowest BCUT2D eigenvalue weighted by Crippen LogP contribution is -2.38. The van der Waals surface area contributed by atoms with Gasteiger partial charge in [0.05, 0.1) is 18.8 Å². The third-order valence-electron chi connectivity index (χ3n) is 3.25. The second-order valence-corrected chi connectivity index (χ2v) is 4.72. The van der Waals surface area contributed by atoms with Crippen molar-refractivity contribution >= 4 is 11.7 Å². The van der Waals surface area contributed by atoms with E-state index in [-0.39, 0.29) is 5.91 Å². The molecule has 0 atom stereocenters. The van der Waals surface area contributed by atoms with Crippen molar-refractivity contribution in [1.82, 2.24) is 10.3 Å². The number of anilines is 1. The molecule has 0 bridgehead atoms. The average molecular weight is 247 g/mol. The number of hydrogen-bond acceptors (Lipinski definition) is 4. The van der Waals surface area contributed by atoms with Gasteiger partial charge >= 0.3 is 0 Å². The summed E-state index contributed by atoms with van der Waals surface area (Å²) in [6.07, 6.45) is 3.93. The Morgan fingerprint density at radius 3 is 2.89 bits per heavy atom. The highest BCUT2D eigenvalue weighted by molar-refractivity contribution is 5.99. The predicted octanol–water partition coefficient (Wildman–Crippen LogP) is 0.810. The molecule has 1 aromatic rings. The molecule has 2 heterocycles. The van der Waals surface area contributed by atoms with Crippen LogP contribution in [0.5, 0.6) is 0 Å². The Kier molecular flexibility index (Phi) is 3.15. The van der Waals surface area contributed by atoms with Crippen LogP contribution in [0.1, 0.15) is 23.2 Å². The van der Waals surface area contributed by atoms with Gasteiger partial charge in [0.1, 0.15) is 5.82 Å². The molecule has 5 heteroatoms. The maximum absolute atomic E-state index is 12.1. The summed E-state index contributed by atoms with van der Waals surface area (Å²) in [7, 11) is 0. The van der Waals surface area contributed by atoms with Crippen molar-refractivity contribution in [2.24, 2.45) is 0 Å². The zero-order chi connectivity index (χ0) is 12.4. The van der Waals surface area contributed by atoms with Gasteiger partial charge in [-0.3, -0.25) is 4.79 Å². The van der Waals surface area contributed by atoms with E-state index in [1.807, 2.05) is 12.1 Å². The monoisotopic (exact) mass is 247 g/mol. The van der Waals surface area contributed by atoms with Crippen molar-refractivity contribution in [2.75, 3.05) is 31.2 Å². The molecule has 0 unspecified atom stereocenters. The average Bonchev–Trinajstić information content (AvgIpc) is 3.24. The zero-order valence-corrected chi connectivity index (χ0v) is 10.3. The van der Waals surface area contributed by atoms with Crippen molar-refractivity contribution in [3.63, 3.8) is 0 Å². The molecule has 1 aliphatic heterocycles. The summed E-state index contributed by atoms with van der Waals surface area (Å²) in [5.74, 6) is 0.769. The summed E-state index contributed by atoms with van der Waals surface area (Å²) in [6, 6.07) is 4.02. The Hall–Kier alpha value is -1.62. The van der Waals surface area contributed by atoms with Crippen molar-refractivity contribution in [3.05, 3.63) is 23.9 Å². The predicted molar refractivity (Wildman–Crippen MR) is 67.8 cm³/mol. The molecular formula is C13H17N3O2. The maximum atomic E-state index is 12.1. The topological polar surface area (TPSA) is 54.5 Å². The Bertz CT molecular complexity index is 440. The van der Waals surface area contributed by atoms with E-state index in [1.54, 1.807) is 6.20 Å². The summed E-state index contributed by atoms with van der Waals surface area (Å²) in [6.45, 7) is 2.97. The van der Waals surface area contributed by atoms with Crippen LogP contribution in [0.3, 0.4) is 0 Å². The van der Waals surface area contributed by atoms with Crippen molar-refractivity contribution < 1.29 is 9.53 Å². The second kappa shape index (κ2) is 4.94. The summed E-state index contributed by atoms with van der Waals surface area (Å²) >= 11 is 0. The molecule has 2 aliphatic rings. The molecule has 18 heavy (non-hydrogen) atoms. The number of rotatable bonds is 3. The lowest BCUT2D eigenvalue weighted by Gasteiger charge is -2.29. The largest absolute Gasteiger partial charge is 0.378 e. The molecule has 0 aromatic carbocycles. The normalized spacial score (nSPS) is 19.7. The first-order valence-electron chi connectivity index (χ1n) is 6.43. The van der Waals surface area contributed by atoms with E-state index in [9.17, 15) is 4.79 Å². The lowest BCUT2D eigenvalue weighted by atomic mass is 10.2. The van der Waals surface area contributed by atoms with Crippen LogP contribution in [0.15, 0.2) is 18.3 Å². The van der Waals surface area contributed by atoms with Crippen LogP contribution in [-0.2, 0) is 4.74 Å². The first-order chi connectivity index (χ1) is 8.84. The van der Waals surface area contributed by atoms with Gasteiger partial charge in [-0.15, -0.1) is 0 Å². The van der Waals surface area contributed by atoms with Gasteiger partial charge in [0.2, 0.25) is 0 Å². The standard InChI is InChI=1S/C13H17N3O2/c17-13(15-10-3-4-10)11-2-1-5-14-12(11)16-6-8-18-9-7-16/h1-2,5,10H,3-4,6-9H2,(H,15,17). The fraction of sp³-hybridized carbons (Fsp3) is 0.538. The highest BCUT2D eigenvalue weighted by Crippen LogP contribution is 2.22. The number of nitrogens with zero attached hydrogens (tertiary/aromatic N) is 2. The fourth-order valence-electron chi connectivity index (χ4n) is 2.09. The molecule has 0 spiro atoms. The Balaban J connectivity index is 1.81. The van der Waals surface area contributed by atoms with E-state index in [1.165, 1.54) is 0 Å². The number of hydrogen-bond donors (Lipinski definition) is 1. The van der Waals surface area contributed by atoms with Crippen LogP contribution in [0.2, 0.25) is 0 Å². The Morgan fingerprint density at radius 1 is 1.39 bits per heavy atom. The molecule has 5 nitrogen and oxygen atoms in total. The van der Waals surface area contributed by atoms with E-state index in [0.29, 0.717) is 24.8 Å². The van der Waals surface area contributed by atoms with E-state index in [4.69, 9.17) is 4.74 Å². The highest BCUT2D eigenvalue weighted by Gasteiger charge is 2.26. The summed E-state index contributed by atoms with van der Waals surface area (Å²) < 4.78 is 5.33. The van der Waals surface area contributed by atoms with Gasteiger partial charge in [0, 0.05) is 25.3 Å². The first-order valence-corrected chi connectivity index (χ1v) is 6.43. The molecule has 2 fully saturated rings. The SMILES string of the molecule is O=C(NC1CC1)c1cccnc1N1CCOCC1. The van der Waals surface area contributed by atoms with Crippen LogP contribution in [0, 0.1) is 0 Å². The van der Waals surface area contributed by atoms with Crippen molar-refractivity contribution in [3.8, 4) is 0 Å². The molecule has 3 rings (SSSR count). The Morgan fingerprint density at radius 2 is 2.17 bits per heavy atom. The molecule has 1 saturated carbocycles. The number of carbonyl (C=O) groups excluding carboxylic acids is 1. The number of ether oxygens (including phenoxy) is 1. The van der Waals surface area contributed by atoms with Crippen LogP contribution in [0.25, 0.3) is 0 Å². The second-order valence-electron chi connectivity index (χ2n) is 4.72. The molecule has 96 valence electrons. The number of amides is 1. The van der Waals surface area contributed by atoms with Crippen LogP contribution < -0.4 is 10.2 Å². The van der Waals surface area contributed by atoms with Crippen molar-refractivity contribution in [2.45, 2.75) is 18.9 Å². The van der Waals surface area contributed by atoms with Crippen LogP contribution >= 0.6 is 0 Å². The van der Waals surface area contributed by atoms with Gasteiger partial charge in [-0.1, -0.05) is 0 Å². The van der Waals surface area contributed by atoms with Gasteiger partial charge in [-0.2, -0.15) is 0 Å². The lowest BCUT2D eigenvalue weighted by molar-refractivity contribution is 0.0949. The van der Waals surface area contributed by atoms with Gasteiger partial charge in [-0.05, 0) is 25.0 Å². The minimum absolute atomic E-state index is 0.00732. The molecule has 1 aliphatic carbocycles. The van der Waals surface area contributed by atoms with E-state index in [0.717, 1.165) is 31.7 Å². The fourth-order valence-corrected chi connectivity index (χ4v) is 2.09. The minimum atomic E-state index is -0.00732. The third kappa shape index (κ3) is 2.46. The third-order valence-corrected chi connectivity index (χ3v) is 3.25. The van der Waals surface area contributed by atoms with E-state index >= 15 is 0 Å². The van der Waals surface area contributed by atoms with Gasteiger partial charge in [0.25, 0.3) is 5.91 Å². The molecule has 1 saturated heterocycles. The molecule has 1 amide bonds. The summed E-state index contributed by atoms with van der Waals surface area (Å²) in [4.78, 5) is 18.6. The summed E-state index contributed by atoms with van der Waals surface area (Å²) in [5.41, 5.74) is 0.673. The number of aromatic nitrogens is 1. The number of carbonyl (C=O) groups is 1. The van der Waals surface area contributed by atoms with Gasteiger partial charge in [0.15, 0.2) is 0 Å². The molecule has 0 radical (unpaired) electrons. The quantitative estimate of drug-likeness (QED) is 0.859. The van der Waals surface area contributed by atoms with E-state index in [2.05, 4.69) is 15.2 Å². The molecular weight excluding hydrogens is 230 g/mol. The molecule has 1 N–H and O–H groups in total. The van der Waals surface area contributed by atoms with Gasteiger partial charge in [-0.25, -0.2) is 4.98 Å². The number of nitrogens with one attached hydrogen (secondary N) is 1. The highest BCUT2D eigenvalue weighted by atomic mass is 16.5. The smallest absolute Gasteiger partial charge is 0.255 e. The maximum Gasteiger partial charge on any atom is 0.255 e.